The largest absolute Gasteiger partial charge is 0.333 e. The van der Waals surface area contributed by atoms with Gasteiger partial charge in [0.2, 0.25) is 5.91 Å². The standard InChI is InChI=1S/C24H22BrN3O2S/c1-3-27(22(29)15-19-7-6-14-31-19)16(2)23-26-21-9-5-4-8-20(21)24(30)28(23)18-12-10-17(25)11-13-18/h4-14,16H,3,15H2,1-2H3. The van der Waals surface area contributed by atoms with Gasteiger partial charge >= 0.3 is 0 Å². The maximum absolute atomic E-state index is 13.5. The molecular weight excluding hydrogens is 474 g/mol. The number of rotatable bonds is 6. The number of aromatic nitrogens is 2. The first-order valence-corrected chi connectivity index (χ1v) is 11.8. The second kappa shape index (κ2) is 9.16. The molecule has 4 rings (SSSR count). The van der Waals surface area contributed by atoms with E-state index in [9.17, 15) is 9.59 Å². The van der Waals surface area contributed by atoms with E-state index in [1.165, 1.54) is 0 Å². The zero-order chi connectivity index (χ0) is 22.0. The number of fused-ring (bicyclic) bond motifs is 1. The van der Waals surface area contributed by atoms with Crippen molar-refractivity contribution in [1.29, 1.82) is 0 Å². The smallest absolute Gasteiger partial charge is 0.266 e. The third-order valence-corrected chi connectivity index (χ3v) is 6.70. The summed E-state index contributed by atoms with van der Waals surface area (Å²) in [5.74, 6) is 0.564. The lowest BCUT2D eigenvalue weighted by atomic mass is 10.1. The van der Waals surface area contributed by atoms with Crippen molar-refractivity contribution in [2.45, 2.75) is 26.3 Å². The van der Waals surface area contributed by atoms with Gasteiger partial charge in [0.05, 0.1) is 29.1 Å². The monoisotopic (exact) mass is 495 g/mol. The highest BCUT2D eigenvalue weighted by molar-refractivity contribution is 9.10. The van der Waals surface area contributed by atoms with E-state index in [2.05, 4.69) is 15.9 Å². The topological polar surface area (TPSA) is 55.2 Å². The van der Waals surface area contributed by atoms with Gasteiger partial charge in [0.1, 0.15) is 5.82 Å². The number of likely N-dealkylation sites (N-methyl/N-ethyl adjacent to an activating group) is 1. The number of para-hydroxylation sites is 1. The van der Waals surface area contributed by atoms with Gasteiger partial charge in [0.25, 0.3) is 5.56 Å². The molecule has 31 heavy (non-hydrogen) atoms. The van der Waals surface area contributed by atoms with Crippen molar-refractivity contribution in [3.8, 4) is 5.69 Å². The Labute approximate surface area is 193 Å². The van der Waals surface area contributed by atoms with E-state index in [1.54, 1.807) is 26.9 Å². The fraction of sp³-hybridized carbons (Fsp3) is 0.208. The van der Waals surface area contributed by atoms with E-state index >= 15 is 0 Å². The van der Waals surface area contributed by atoms with Crippen LogP contribution >= 0.6 is 27.3 Å². The predicted octanol–water partition coefficient (Wildman–Crippen LogP) is 5.36. The second-order valence-electron chi connectivity index (χ2n) is 7.22. The van der Waals surface area contributed by atoms with Crippen LogP contribution in [0.4, 0.5) is 0 Å². The number of carbonyl (C=O) groups is 1. The molecule has 2 aromatic carbocycles. The third kappa shape index (κ3) is 4.34. The minimum Gasteiger partial charge on any atom is -0.333 e. The number of amides is 1. The number of thiophene rings is 1. The summed E-state index contributed by atoms with van der Waals surface area (Å²) >= 11 is 5.02. The van der Waals surface area contributed by atoms with Gasteiger partial charge in [0, 0.05) is 15.9 Å². The van der Waals surface area contributed by atoms with Crippen molar-refractivity contribution in [3.05, 3.63) is 91.6 Å². The quantitative estimate of drug-likeness (QED) is 0.361. The number of carbonyl (C=O) groups excluding carboxylic acids is 1. The lowest BCUT2D eigenvalue weighted by Gasteiger charge is -2.29. The molecule has 0 radical (unpaired) electrons. The Bertz CT molecular complexity index is 1270. The summed E-state index contributed by atoms with van der Waals surface area (Å²) in [6, 6.07) is 18.4. The summed E-state index contributed by atoms with van der Waals surface area (Å²) in [6.45, 7) is 4.40. The maximum Gasteiger partial charge on any atom is 0.266 e. The molecule has 0 spiro atoms. The van der Waals surface area contributed by atoms with Crippen LogP contribution in [0.15, 0.2) is 75.3 Å². The molecule has 0 saturated carbocycles. The average Bonchev–Trinajstić information content (AvgIpc) is 3.28. The fourth-order valence-electron chi connectivity index (χ4n) is 3.74. The zero-order valence-corrected chi connectivity index (χ0v) is 19.7. The van der Waals surface area contributed by atoms with Gasteiger partial charge in [-0.3, -0.25) is 14.2 Å². The first kappa shape index (κ1) is 21.5. The molecule has 1 amide bonds. The Morgan fingerprint density at radius 2 is 1.87 bits per heavy atom. The Hall–Kier alpha value is -2.77. The summed E-state index contributed by atoms with van der Waals surface area (Å²) < 4.78 is 2.55. The number of halogens is 1. The van der Waals surface area contributed by atoms with E-state index in [1.807, 2.05) is 73.8 Å². The molecule has 158 valence electrons. The molecule has 1 unspecified atom stereocenters. The first-order valence-electron chi connectivity index (χ1n) is 10.1. The minimum atomic E-state index is -0.376. The molecule has 0 aliphatic rings. The van der Waals surface area contributed by atoms with Crippen molar-refractivity contribution in [3.63, 3.8) is 0 Å². The van der Waals surface area contributed by atoms with Gasteiger partial charge in [-0.2, -0.15) is 0 Å². The highest BCUT2D eigenvalue weighted by atomic mass is 79.9. The molecule has 1 atom stereocenters. The molecule has 2 heterocycles. The van der Waals surface area contributed by atoms with Crippen LogP contribution in [0.25, 0.3) is 16.6 Å². The van der Waals surface area contributed by atoms with Gasteiger partial charge < -0.3 is 4.90 Å². The third-order valence-electron chi connectivity index (χ3n) is 5.29. The fourth-order valence-corrected chi connectivity index (χ4v) is 4.70. The van der Waals surface area contributed by atoms with E-state index in [-0.39, 0.29) is 17.5 Å². The van der Waals surface area contributed by atoms with E-state index in [4.69, 9.17) is 4.98 Å². The zero-order valence-electron chi connectivity index (χ0n) is 17.3. The van der Waals surface area contributed by atoms with Crippen LogP contribution in [-0.4, -0.2) is 26.9 Å². The summed E-state index contributed by atoms with van der Waals surface area (Å²) in [5.41, 5.74) is 1.20. The van der Waals surface area contributed by atoms with Crippen LogP contribution in [0, 0.1) is 0 Å². The number of hydrogen-bond donors (Lipinski definition) is 0. The molecular formula is C24H22BrN3O2S. The summed E-state index contributed by atoms with van der Waals surface area (Å²) in [5, 5.41) is 2.52. The molecule has 5 nitrogen and oxygen atoms in total. The summed E-state index contributed by atoms with van der Waals surface area (Å²) in [6.07, 6.45) is 0.339. The van der Waals surface area contributed by atoms with Gasteiger partial charge in [-0.05, 0) is 61.7 Å². The molecule has 4 aromatic rings. The molecule has 0 N–H and O–H groups in total. The SMILES string of the molecule is CCN(C(=O)Cc1cccs1)C(C)c1nc2ccccc2c(=O)n1-c1ccc(Br)cc1. The van der Waals surface area contributed by atoms with Crippen molar-refractivity contribution in [2.75, 3.05) is 6.54 Å². The minimum absolute atomic E-state index is 0.0159. The molecule has 0 aliphatic heterocycles. The maximum atomic E-state index is 13.5. The number of benzene rings is 2. The van der Waals surface area contributed by atoms with Crippen LogP contribution in [-0.2, 0) is 11.2 Å². The molecule has 0 fully saturated rings. The summed E-state index contributed by atoms with van der Waals surface area (Å²) in [4.78, 5) is 34.2. The lowest BCUT2D eigenvalue weighted by molar-refractivity contribution is -0.132. The number of nitrogens with zero attached hydrogens (tertiary/aromatic N) is 3. The van der Waals surface area contributed by atoms with Gasteiger partial charge in [-0.25, -0.2) is 4.98 Å². The van der Waals surface area contributed by atoms with E-state index in [0.29, 0.717) is 29.7 Å². The van der Waals surface area contributed by atoms with Crippen LogP contribution in [0.3, 0.4) is 0 Å². The molecule has 0 saturated heterocycles. The molecule has 0 bridgehead atoms. The second-order valence-corrected chi connectivity index (χ2v) is 9.16. The van der Waals surface area contributed by atoms with Gasteiger partial charge in [-0.15, -0.1) is 11.3 Å². The Morgan fingerprint density at radius 3 is 2.55 bits per heavy atom. The molecule has 2 aromatic heterocycles. The van der Waals surface area contributed by atoms with E-state index < -0.39 is 0 Å². The van der Waals surface area contributed by atoms with Crippen molar-refractivity contribution >= 4 is 44.1 Å². The lowest BCUT2D eigenvalue weighted by Crippen LogP contribution is -2.38. The van der Waals surface area contributed by atoms with Crippen molar-refractivity contribution in [2.24, 2.45) is 0 Å². The van der Waals surface area contributed by atoms with Crippen molar-refractivity contribution in [1.82, 2.24) is 14.5 Å². The molecule has 7 heteroatoms. The van der Waals surface area contributed by atoms with Crippen LogP contribution in [0.5, 0.6) is 0 Å². The van der Waals surface area contributed by atoms with Crippen LogP contribution in [0.1, 0.15) is 30.6 Å². The summed E-state index contributed by atoms with van der Waals surface area (Å²) in [7, 11) is 0. The first-order chi connectivity index (χ1) is 15.0. The molecule has 0 aliphatic carbocycles. The van der Waals surface area contributed by atoms with Gasteiger partial charge in [0.15, 0.2) is 0 Å². The van der Waals surface area contributed by atoms with E-state index in [0.717, 1.165) is 15.0 Å². The Kier molecular flexibility index (Phi) is 6.34. The van der Waals surface area contributed by atoms with Crippen molar-refractivity contribution < 1.29 is 4.79 Å². The van der Waals surface area contributed by atoms with Crippen LogP contribution < -0.4 is 5.56 Å². The van der Waals surface area contributed by atoms with Gasteiger partial charge in [-0.1, -0.05) is 34.1 Å². The highest BCUT2D eigenvalue weighted by Gasteiger charge is 2.26. The Morgan fingerprint density at radius 1 is 1.13 bits per heavy atom. The van der Waals surface area contributed by atoms with Crippen LogP contribution in [0.2, 0.25) is 0 Å². The predicted molar refractivity (Wildman–Crippen MR) is 129 cm³/mol. The normalized spacial score (nSPS) is 12.1. The number of hydrogen-bond acceptors (Lipinski definition) is 4. The highest BCUT2D eigenvalue weighted by Crippen LogP contribution is 2.24. The Balaban J connectivity index is 1.84. The average molecular weight is 496 g/mol.